The van der Waals surface area contributed by atoms with E-state index in [9.17, 15) is 0 Å². The Kier molecular flexibility index (Phi) is 4.56. The molecule has 0 saturated carbocycles. The van der Waals surface area contributed by atoms with Gasteiger partial charge in [0.1, 0.15) is 11.7 Å². The van der Waals surface area contributed by atoms with E-state index in [-0.39, 0.29) is 19.1 Å². The standard InChI is InChI=1S/C12H9N3.C8H7N3.CH4/c13-11-9-5-7-3-1-2-4-8(7)6-10(9)12(14)15-11;9-7-5-3-1-2-4-6(5)8(10)11-7;/h1-6H,(H3,13,14,15);1-4H,(H3,9,10,11);1H4. The van der Waals surface area contributed by atoms with Gasteiger partial charge in [0.2, 0.25) is 0 Å². The number of hydrogen-bond acceptors (Lipinski definition) is 4. The molecule has 134 valence electrons. The van der Waals surface area contributed by atoms with Crippen LogP contribution in [0.15, 0.2) is 70.6 Å². The highest BCUT2D eigenvalue weighted by Crippen LogP contribution is 2.24. The molecule has 6 nitrogen and oxygen atoms in total. The Balaban J connectivity index is 0.000000157. The zero-order valence-corrected chi connectivity index (χ0v) is 13.8. The van der Waals surface area contributed by atoms with Crippen molar-refractivity contribution >= 4 is 34.1 Å². The molecule has 6 N–H and O–H groups in total. The Bertz CT molecular complexity index is 1140. The van der Waals surface area contributed by atoms with E-state index in [1.165, 1.54) is 0 Å². The van der Waals surface area contributed by atoms with Crippen molar-refractivity contribution in [1.29, 1.82) is 10.8 Å². The summed E-state index contributed by atoms with van der Waals surface area (Å²) in [5, 5.41) is 17.3. The summed E-state index contributed by atoms with van der Waals surface area (Å²) in [6.45, 7) is 0. The van der Waals surface area contributed by atoms with E-state index in [4.69, 9.17) is 22.3 Å². The maximum Gasteiger partial charge on any atom is 0.154 e. The van der Waals surface area contributed by atoms with Crippen LogP contribution in [0.1, 0.15) is 29.7 Å². The number of amidine groups is 4. The van der Waals surface area contributed by atoms with Gasteiger partial charge in [0.15, 0.2) is 11.7 Å². The van der Waals surface area contributed by atoms with Crippen LogP contribution in [0, 0.1) is 10.8 Å². The van der Waals surface area contributed by atoms with Gasteiger partial charge in [-0.25, -0.2) is 9.98 Å². The molecule has 0 aromatic heterocycles. The number of fused-ring (bicyclic) bond motifs is 3. The minimum Gasteiger partial charge on any atom is -0.383 e. The molecule has 0 fully saturated rings. The summed E-state index contributed by atoms with van der Waals surface area (Å²) in [6, 6.07) is 19.5. The zero-order chi connectivity index (χ0) is 18.3. The second-order valence-corrected chi connectivity index (χ2v) is 5.98. The van der Waals surface area contributed by atoms with Crippen LogP contribution < -0.4 is 11.5 Å². The molecule has 3 aromatic rings. The summed E-state index contributed by atoms with van der Waals surface area (Å²) in [5.74, 6) is 1.41. The number of nitrogens with zero attached hydrogens (tertiary/aromatic N) is 2. The molecule has 2 aliphatic heterocycles. The zero-order valence-electron chi connectivity index (χ0n) is 13.8. The summed E-state index contributed by atoms with van der Waals surface area (Å²) in [7, 11) is 0. The van der Waals surface area contributed by atoms with Gasteiger partial charge in [-0.2, -0.15) is 0 Å². The maximum atomic E-state index is 7.67. The van der Waals surface area contributed by atoms with Crippen molar-refractivity contribution in [1.82, 2.24) is 0 Å². The molecule has 0 amide bonds. The fourth-order valence-corrected chi connectivity index (χ4v) is 3.04. The van der Waals surface area contributed by atoms with Crippen LogP contribution in [0.2, 0.25) is 0 Å². The van der Waals surface area contributed by atoms with Gasteiger partial charge in [-0.3, -0.25) is 10.8 Å². The molecule has 2 aliphatic rings. The molecule has 0 spiro atoms. The molecular weight excluding hydrogens is 336 g/mol. The Labute approximate surface area is 157 Å². The van der Waals surface area contributed by atoms with Crippen LogP contribution >= 0.6 is 0 Å². The Morgan fingerprint density at radius 3 is 1.63 bits per heavy atom. The summed E-state index contributed by atoms with van der Waals surface area (Å²) in [5.41, 5.74) is 14.7. The average Bonchev–Trinajstić information content (AvgIpc) is 3.10. The third kappa shape index (κ3) is 3.08. The van der Waals surface area contributed by atoms with E-state index in [0.717, 1.165) is 33.0 Å². The summed E-state index contributed by atoms with van der Waals surface area (Å²) in [6.07, 6.45) is 0. The van der Waals surface area contributed by atoms with Crippen LogP contribution in [0.4, 0.5) is 0 Å². The van der Waals surface area contributed by atoms with Gasteiger partial charge >= 0.3 is 0 Å². The van der Waals surface area contributed by atoms with E-state index in [1.54, 1.807) is 0 Å². The van der Waals surface area contributed by atoms with Gasteiger partial charge in [0.05, 0.1) is 0 Å². The SMILES string of the molecule is C.N=C1N=C(N)c2cc3ccccc3cc21.N=C1N=C(N)c2ccccc21. The summed E-state index contributed by atoms with van der Waals surface area (Å²) in [4.78, 5) is 7.79. The summed E-state index contributed by atoms with van der Waals surface area (Å²) >= 11 is 0. The third-order valence-corrected chi connectivity index (χ3v) is 4.34. The molecule has 6 heteroatoms. The molecule has 0 bridgehead atoms. The van der Waals surface area contributed by atoms with Crippen LogP contribution in [-0.4, -0.2) is 23.3 Å². The number of aliphatic imine (C=N–C) groups is 2. The van der Waals surface area contributed by atoms with E-state index in [0.29, 0.717) is 11.7 Å². The molecule has 27 heavy (non-hydrogen) atoms. The van der Waals surface area contributed by atoms with Crippen molar-refractivity contribution < 1.29 is 0 Å². The first-order chi connectivity index (χ1) is 12.5. The molecule has 0 radical (unpaired) electrons. The van der Waals surface area contributed by atoms with E-state index < -0.39 is 0 Å². The second-order valence-electron chi connectivity index (χ2n) is 5.98. The van der Waals surface area contributed by atoms with Crippen LogP contribution in [-0.2, 0) is 0 Å². The van der Waals surface area contributed by atoms with Crippen molar-refractivity contribution in [3.63, 3.8) is 0 Å². The van der Waals surface area contributed by atoms with E-state index >= 15 is 0 Å². The van der Waals surface area contributed by atoms with Crippen molar-refractivity contribution in [3.8, 4) is 0 Å². The Morgan fingerprint density at radius 1 is 0.593 bits per heavy atom. The maximum absolute atomic E-state index is 7.67. The molecule has 0 atom stereocenters. The normalized spacial score (nSPS) is 13.8. The predicted octanol–water partition coefficient (Wildman–Crippen LogP) is 3.25. The van der Waals surface area contributed by atoms with E-state index in [2.05, 4.69) is 9.98 Å². The highest BCUT2D eigenvalue weighted by atomic mass is 14.9. The topological polar surface area (TPSA) is 124 Å². The highest BCUT2D eigenvalue weighted by molar-refractivity contribution is 6.22. The fraction of sp³-hybridized carbons (Fsp3) is 0.0476. The first-order valence-corrected chi connectivity index (χ1v) is 8.03. The molecule has 3 aromatic carbocycles. The Hall–Kier alpha value is -3.80. The molecule has 0 aliphatic carbocycles. The lowest BCUT2D eigenvalue weighted by Gasteiger charge is -2.02. The average molecular weight is 356 g/mol. The number of rotatable bonds is 0. The largest absolute Gasteiger partial charge is 0.383 e. The van der Waals surface area contributed by atoms with Crippen LogP contribution in [0.5, 0.6) is 0 Å². The first-order valence-electron chi connectivity index (χ1n) is 8.03. The van der Waals surface area contributed by atoms with Crippen molar-refractivity contribution in [3.05, 3.63) is 82.9 Å². The molecule has 5 rings (SSSR count). The quantitative estimate of drug-likeness (QED) is 0.494. The minimum atomic E-state index is 0. The minimum absolute atomic E-state index is 0. The molecular formula is C21H20N6. The highest BCUT2D eigenvalue weighted by Gasteiger charge is 2.18. The molecule has 2 heterocycles. The predicted molar refractivity (Wildman–Crippen MR) is 112 cm³/mol. The number of benzene rings is 3. The van der Waals surface area contributed by atoms with Crippen molar-refractivity contribution in [2.24, 2.45) is 21.5 Å². The molecule has 0 unspecified atom stereocenters. The lowest BCUT2D eigenvalue weighted by molar-refractivity contribution is 1.45. The van der Waals surface area contributed by atoms with Gasteiger partial charge in [-0.05, 0) is 22.9 Å². The van der Waals surface area contributed by atoms with Crippen LogP contribution in [0.25, 0.3) is 10.8 Å². The monoisotopic (exact) mass is 356 g/mol. The lowest BCUT2D eigenvalue weighted by Crippen LogP contribution is -2.10. The number of nitrogens with one attached hydrogen (secondary N) is 2. The van der Waals surface area contributed by atoms with Gasteiger partial charge in [-0.1, -0.05) is 56.0 Å². The smallest absolute Gasteiger partial charge is 0.154 e. The summed E-state index contributed by atoms with van der Waals surface area (Å²) < 4.78 is 0. The van der Waals surface area contributed by atoms with Crippen LogP contribution in [0.3, 0.4) is 0 Å². The van der Waals surface area contributed by atoms with Gasteiger partial charge in [0.25, 0.3) is 0 Å². The second kappa shape index (κ2) is 6.84. The van der Waals surface area contributed by atoms with Gasteiger partial charge < -0.3 is 11.5 Å². The Morgan fingerprint density at radius 2 is 1.04 bits per heavy atom. The lowest BCUT2D eigenvalue weighted by atomic mass is 10.0. The van der Waals surface area contributed by atoms with Gasteiger partial charge in [-0.15, -0.1) is 0 Å². The first kappa shape index (κ1) is 18.0. The van der Waals surface area contributed by atoms with Crippen molar-refractivity contribution in [2.45, 2.75) is 7.43 Å². The third-order valence-electron chi connectivity index (χ3n) is 4.34. The number of hydrogen-bond donors (Lipinski definition) is 4. The molecule has 0 saturated heterocycles. The van der Waals surface area contributed by atoms with Crippen molar-refractivity contribution in [2.75, 3.05) is 0 Å². The fourth-order valence-electron chi connectivity index (χ4n) is 3.04. The van der Waals surface area contributed by atoms with E-state index in [1.807, 2.05) is 60.7 Å². The number of nitrogens with two attached hydrogens (primary N) is 2. The van der Waals surface area contributed by atoms with Gasteiger partial charge in [0, 0.05) is 22.3 Å².